The molecule has 0 N–H and O–H groups in total. The van der Waals surface area contributed by atoms with Crippen molar-refractivity contribution in [1.82, 2.24) is 19.8 Å². The van der Waals surface area contributed by atoms with Gasteiger partial charge in [0.1, 0.15) is 5.01 Å². The Morgan fingerprint density at radius 3 is 2.13 bits per heavy atom. The summed E-state index contributed by atoms with van der Waals surface area (Å²) in [6.07, 6.45) is 1.83. The van der Waals surface area contributed by atoms with Gasteiger partial charge in [0.15, 0.2) is 5.76 Å². The molecule has 0 amide bonds. The molecule has 0 spiro atoms. The van der Waals surface area contributed by atoms with Crippen LogP contribution in [0, 0.1) is 0 Å². The number of piperazine rings is 1. The molecule has 3 heterocycles. The predicted octanol–water partition coefficient (Wildman–Crippen LogP) is 4.78. The van der Waals surface area contributed by atoms with Crippen LogP contribution in [-0.2, 0) is 13.1 Å². The van der Waals surface area contributed by atoms with Crippen molar-refractivity contribution in [3.63, 3.8) is 0 Å². The van der Waals surface area contributed by atoms with Crippen molar-refractivity contribution in [2.45, 2.75) is 13.1 Å². The molecule has 5 nitrogen and oxygen atoms in total. The van der Waals surface area contributed by atoms with Crippen molar-refractivity contribution in [2.24, 2.45) is 0 Å². The first-order chi connectivity index (χ1) is 14.8. The van der Waals surface area contributed by atoms with Crippen LogP contribution in [0.25, 0.3) is 21.9 Å². The molecule has 0 atom stereocenters. The van der Waals surface area contributed by atoms with E-state index in [0.29, 0.717) is 0 Å². The fourth-order valence-electron chi connectivity index (χ4n) is 3.74. The summed E-state index contributed by atoms with van der Waals surface area (Å²) in [6.45, 7) is 5.76. The third-order valence-electron chi connectivity index (χ3n) is 5.39. The summed E-state index contributed by atoms with van der Waals surface area (Å²) in [5.74, 6) is 1.62. The Balaban J connectivity index is 1.13. The molecule has 2 aromatic heterocycles. The predicted molar refractivity (Wildman–Crippen MR) is 120 cm³/mol. The number of hydrogen-bond acceptors (Lipinski definition) is 6. The van der Waals surface area contributed by atoms with E-state index in [9.17, 15) is 0 Å². The molecule has 2 aromatic carbocycles. The lowest BCUT2D eigenvalue weighted by molar-refractivity contribution is 0.114. The highest BCUT2D eigenvalue weighted by atomic mass is 32.1. The Kier molecular flexibility index (Phi) is 5.70. The van der Waals surface area contributed by atoms with Gasteiger partial charge in [-0.1, -0.05) is 60.7 Å². The molecule has 5 rings (SSSR count). The minimum absolute atomic E-state index is 0.759. The molecule has 30 heavy (non-hydrogen) atoms. The zero-order chi connectivity index (χ0) is 20.2. The molecule has 0 unspecified atom stereocenters. The van der Waals surface area contributed by atoms with Gasteiger partial charge in [-0.15, -0.1) is 11.3 Å². The Bertz CT molecular complexity index is 981. The average Bonchev–Trinajstić information content (AvgIpc) is 3.46. The molecule has 152 valence electrons. The first-order valence-corrected chi connectivity index (χ1v) is 11.2. The number of thiazole rings is 1. The SMILES string of the molecule is c1ccc(-c2cnc(CN3CCN(Cc4csc(-c5ccccc5)n4)CC3)o2)cc1. The first kappa shape index (κ1) is 19.2. The smallest absolute Gasteiger partial charge is 0.209 e. The van der Waals surface area contributed by atoms with Crippen molar-refractivity contribution in [3.8, 4) is 21.9 Å². The molecule has 6 heteroatoms. The Morgan fingerprint density at radius 1 is 0.800 bits per heavy atom. The summed E-state index contributed by atoms with van der Waals surface area (Å²) < 4.78 is 5.96. The molecular formula is C24H24N4OS. The largest absolute Gasteiger partial charge is 0.439 e. The lowest BCUT2D eigenvalue weighted by Gasteiger charge is -2.33. The number of benzene rings is 2. The van der Waals surface area contributed by atoms with Gasteiger partial charge < -0.3 is 4.42 Å². The minimum atomic E-state index is 0.759. The van der Waals surface area contributed by atoms with Gasteiger partial charge in [-0.25, -0.2) is 9.97 Å². The van der Waals surface area contributed by atoms with Gasteiger partial charge in [0.25, 0.3) is 0 Å². The highest BCUT2D eigenvalue weighted by Gasteiger charge is 2.20. The van der Waals surface area contributed by atoms with Crippen molar-refractivity contribution < 1.29 is 4.42 Å². The molecule has 1 aliphatic heterocycles. The molecule has 0 radical (unpaired) electrons. The third-order valence-corrected chi connectivity index (χ3v) is 6.33. The monoisotopic (exact) mass is 416 g/mol. The van der Waals surface area contributed by atoms with Crippen LogP contribution in [0.15, 0.2) is 76.7 Å². The van der Waals surface area contributed by atoms with Crippen LogP contribution in [0.3, 0.4) is 0 Å². The standard InChI is InChI=1S/C24H24N4OS/c1-3-7-19(8-4-1)22-15-25-23(29-22)17-28-13-11-27(12-14-28)16-21-18-30-24(26-21)20-9-5-2-6-10-20/h1-10,15,18H,11-14,16-17H2. The fourth-order valence-corrected chi connectivity index (χ4v) is 4.56. The highest BCUT2D eigenvalue weighted by molar-refractivity contribution is 7.13. The number of hydrogen-bond donors (Lipinski definition) is 0. The quantitative estimate of drug-likeness (QED) is 0.452. The van der Waals surface area contributed by atoms with Gasteiger partial charge in [0.05, 0.1) is 18.4 Å². The molecule has 0 aliphatic carbocycles. The first-order valence-electron chi connectivity index (χ1n) is 10.3. The van der Waals surface area contributed by atoms with Crippen LogP contribution >= 0.6 is 11.3 Å². The van der Waals surface area contributed by atoms with Gasteiger partial charge in [-0.2, -0.15) is 0 Å². The molecular weight excluding hydrogens is 392 g/mol. The van der Waals surface area contributed by atoms with Crippen LogP contribution in [0.1, 0.15) is 11.6 Å². The second-order valence-corrected chi connectivity index (χ2v) is 8.40. The summed E-state index contributed by atoms with van der Waals surface area (Å²) in [7, 11) is 0. The normalized spacial score (nSPS) is 15.5. The average molecular weight is 417 g/mol. The maximum absolute atomic E-state index is 5.96. The summed E-state index contributed by atoms with van der Waals surface area (Å²) >= 11 is 1.73. The van der Waals surface area contributed by atoms with Crippen molar-refractivity contribution >= 4 is 11.3 Å². The minimum Gasteiger partial charge on any atom is -0.439 e. The second-order valence-electron chi connectivity index (χ2n) is 7.55. The van der Waals surface area contributed by atoms with Crippen LogP contribution in [-0.4, -0.2) is 45.9 Å². The summed E-state index contributed by atoms with van der Waals surface area (Å²) in [6, 6.07) is 20.5. The number of rotatable bonds is 6. The Labute approximate surface area is 180 Å². The van der Waals surface area contributed by atoms with Crippen molar-refractivity contribution in [3.05, 3.63) is 83.8 Å². The lowest BCUT2D eigenvalue weighted by Crippen LogP contribution is -2.45. The van der Waals surface area contributed by atoms with Gasteiger partial charge in [0, 0.05) is 49.2 Å². The topological polar surface area (TPSA) is 45.4 Å². The van der Waals surface area contributed by atoms with Crippen LogP contribution < -0.4 is 0 Å². The second kappa shape index (κ2) is 8.92. The molecule has 4 aromatic rings. The van der Waals surface area contributed by atoms with Crippen LogP contribution in [0.5, 0.6) is 0 Å². The van der Waals surface area contributed by atoms with Crippen LogP contribution in [0.4, 0.5) is 0 Å². The number of nitrogens with zero attached hydrogens (tertiary/aromatic N) is 4. The Morgan fingerprint density at radius 2 is 1.43 bits per heavy atom. The van der Waals surface area contributed by atoms with E-state index >= 15 is 0 Å². The van der Waals surface area contributed by atoms with Crippen LogP contribution in [0.2, 0.25) is 0 Å². The zero-order valence-corrected chi connectivity index (χ0v) is 17.6. The molecule has 0 saturated carbocycles. The Hall–Kier alpha value is -2.80. The summed E-state index contributed by atoms with van der Waals surface area (Å²) in [5.41, 5.74) is 3.42. The van der Waals surface area contributed by atoms with E-state index in [1.165, 1.54) is 5.56 Å². The summed E-state index contributed by atoms with van der Waals surface area (Å²) in [5, 5.41) is 3.29. The van der Waals surface area contributed by atoms with Gasteiger partial charge in [-0.05, 0) is 0 Å². The van der Waals surface area contributed by atoms with Crippen molar-refractivity contribution in [2.75, 3.05) is 26.2 Å². The van der Waals surface area contributed by atoms with Gasteiger partial charge in [0.2, 0.25) is 5.89 Å². The third kappa shape index (κ3) is 4.51. The number of oxazole rings is 1. The molecule has 1 aliphatic rings. The molecule has 1 fully saturated rings. The van der Waals surface area contributed by atoms with E-state index < -0.39 is 0 Å². The fraction of sp³-hybridized carbons (Fsp3) is 0.250. The van der Waals surface area contributed by atoms with Gasteiger partial charge in [-0.3, -0.25) is 9.80 Å². The summed E-state index contributed by atoms with van der Waals surface area (Å²) in [4.78, 5) is 14.2. The maximum atomic E-state index is 5.96. The highest BCUT2D eigenvalue weighted by Crippen LogP contribution is 2.24. The van der Waals surface area contributed by atoms with E-state index in [2.05, 4.69) is 44.4 Å². The molecule has 1 saturated heterocycles. The maximum Gasteiger partial charge on any atom is 0.209 e. The van der Waals surface area contributed by atoms with E-state index in [0.717, 1.165) is 67.2 Å². The lowest BCUT2D eigenvalue weighted by atomic mass is 10.2. The van der Waals surface area contributed by atoms with Crippen molar-refractivity contribution in [1.29, 1.82) is 0 Å². The van der Waals surface area contributed by atoms with Gasteiger partial charge >= 0.3 is 0 Å². The molecule has 0 bridgehead atoms. The number of aromatic nitrogens is 2. The van der Waals surface area contributed by atoms with E-state index in [4.69, 9.17) is 9.40 Å². The van der Waals surface area contributed by atoms with E-state index in [1.54, 1.807) is 11.3 Å². The zero-order valence-electron chi connectivity index (χ0n) is 16.8. The van der Waals surface area contributed by atoms with E-state index in [1.807, 2.05) is 42.6 Å². The van der Waals surface area contributed by atoms with E-state index in [-0.39, 0.29) is 0 Å².